The lowest BCUT2D eigenvalue weighted by molar-refractivity contribution is -0.129. The number of aromatic nitrogens is 1. The second-order valence-corrected chi connectivity index (χ2v) is 8.74. The Labute approximate surface area is 201 Å². The Morgan fingerprint density at radius 1 is 1.12 bits per heavy atom. The number of benzene rings is 2. The topological polar surface area (TPSA) is 84.7 Å². The number of fused-ring (bicyclic) bond motifs is 1. The molecule has 0 saturated heterocycles. The fourth-order valence-corrected chi connectivity index (χ4v) is 4.66. The van der Waals surface area contributed by atoms with Crippen LogP contribution in [0, 0.1) is 0 Å². The van der Waals surface area contributed by atoms with Crippen molar-refractivity contribution >= 4 is 28.8 Å². The van der Waals surface area contributed by atoms with Crippen molar-refractivity contribution in [3.05, 3.63) is 78.1 Å². The molecule has 34 heavy (non-hydrogen) atoms. The van der Waals surface area contributed by atoms with Gasteiger partial charge < -0.3 is 14.5 Å². The van der Waals surface area contributed by atoms with E-state index < -0.39 is 6.10 Å². The Morgan fingerprint density at radius 3 is 2.74 bits per heavy atom. The molecule has 2 amide bonds. The number of nitrogens with one attached hydrogen (secondary N) is 1. The number of nitrogens with zero attached hydrogens (tertiary/aromatic N) is 2. The van der Waals surface area contributed by atoms with Crippen LogP contribution < -0.4 is 15.0 Å². The van der Waals surface area contributed by atoms with Gasteiger partial charge in [0.05, 0.1) is 24.2 Å². The summed E-state index contributed by atoms with van der Waals surface area (Å²) in [5.74, 6) is 0.711. The van der Waals surface area contributed by atoms with Crippen LogP contribution in [0.3, 0.4) is 0 Å². The lowest BCUT2D eigenvalue weighted by atomic mass is 10.1. The molecule has 7 nitrogen and oxygen atoms in total. The van der Waals surface area contributed by atoms with Crippen LogP contribution in [0.1, 0.15) is 19.1 Å². The maximum absolute atomic E-state index is 13.1. The molecule has 1 aliphatic rings. The molecule has 4 aromatic rings. The highest BCUT2D eigenvalue weighted by molar-refractivity contribution is 7.13. The molecule has 2 aromatic carbocycles. The fourth-order valence-electron chi connectivity index (χ4n) is 3.82. The highest BCUT2D eigenvalue weighted by atomic mass is 32.1. The third-order valence-electron chi connectivity index (χ3n) is 5.59. The average molecular weight is 474 g/mol. The van der Waals surface area contributed by atoms with E-state index in [1.165, 1.54) is 4.90 Å². The summed E-state index contributed by atoms with van der Waals surface area (Å²) in [6, 6.07) is 19.2. The number of carbonyl (C=O) groups is 2. The first-order valence-corrected chi connectivity index (χ1v) is 11.9. The molecule has 0 aliphatic carbocycles. The van der Waals surface area contributed by atoms with Gasteiger partial charge in [0.1, 0.15) is 23.1 Å². The van der Waals surface area contributed by atoms with Crippen molar-refractivity contribution < 1.29 is 18.7 Å². The monoisotopic (exact) mass is 473 g/mol. The van der Waals surface area contributed by atoms with Crippen LogP contribution >= 0.6 is 11.3 Å². The van der Waals surface area contributed by atoms with E-state index in [-0.39, 0.29) is 24.9 Å². The highest BCUT2D eigenvalue weighted by Crippen LogP contribution is 2.39. The van der Waals surface area contributed by atoms with Gasteiger partial charge in [-0.25, -0.2) is 4.98 Å². The highest BCUT2D eigenvalue weighted by Gasteiger charge is 2.34. The zero-order valence-electron chi connectivity index (χ0n) is 18.6. The van der Waals surface area contributed by atoms with E-state index in [1.54, 1.807) is 29.7 Å². The summed E-state index contributed by atoms with van der Waals surface area (Å²) >= 11 is 1.56. The normalized spacial score (nSPS) is 15.0. The summed E-state index contributed by atoms with van der Waals surface area (Å²) in [5.41, 5.74) is 3.27. The quantitative estimate of drug-likeness (QED) is 0.413. The van der Waals surface area contributed by atoms with Gasteiger partial charge in [0.25, 0.3) is 5.91 Å². The molecule has 0 spiro atoms. The molecule has 0 radical (unpaired) electrons. The van der Waals surface area contributed by atoms with Crippen molar-refractivity contribution in [1.82, 2.24) is 10.3 Å². The minimum Gasteiger partial charge on any atom is -0.478 e. The molecule has 0 fully saturated rings. The summed E-state index contributed by atoms with van der Waals surface area (Å²) in [7, 11) is 0. The number of rotatable bonds is 7. The number of amides is 2. The van der Waals surface area contributed by atoms with Crippen molar-refractivity contribution in [3.63, 3.8) is 0 Å². The summed E-state index contributed by atoms with van der Waals surface area (Å²) in [5, 5.41) is 5.71. The molecular weight excluding hydrogens is 450 g/mol. The molecule has 1 atom stereocenters. The van der Waals surface area contributed by atoms with Gasteiger partial charge in [-0.2, -0.15) is 0 Å². The number of hydrogen-bond donors (Lipinski definition) is 1. The molecular formula is C26H23N3O4S. The predicted molar refractivity (Wildman–Crippen MR) is 131 cm³/mol. The fraction of sp³-hybridized carbons (Fsp3) is 0.192. The zero-order valence-corrected chi connectivity index (χ0v) is 19.4. The smallest absolute Gasteiger partial charge is 0.268 e. The van der Waals surface area contributed by atoms with Gasteiger partial charge in [0.2, 0.25) is 5.91 Å². The van der Waals surface area contributed by atoms with Gasteiger partial charge in [-0.15, -0.1) is 11.3 Å². The SMILES string of the molecule is CCC1Oc2ccc(-c3csc(-c4ccccc4)n3)cc2N(CC(=O)NCc2ccco2)C1=O. The average Bonchev–Trinajstić information content (AvgIpc) is 3.57. The van der Waals surface area contributed by atoms with Crippen LogP contribution in [0.5, 0.6) is 5.75 Å². The van der Waals surface area contributed by atoms with E-state index in [4.69, 9.17) is 14.1 Å². The Bertz CT molecular complexity index is 1300. The molecule has 5 rings (SSSR count). The third kappa shape index (κ3) is 4.45. The number of ether oxygens (including phenoxy) is 1. The predicted octanol–water partition coefficient (Wildman–Crippen LogP) is 4.89. The largest absolute Gasteiger partial charge is 0.478 e. The number of carbonyl (C=O) groups excluding carboxylic acids is 2. The van der Waals surface area contributed by atoms with Gasteiger partial charge >= 0.3 is 0 Å². The first-order chi connectivity index (χ1) is 16.6. The molecule has 0 saturated carbocycles. The van der Waals surface area contributed by atoms with E-state index in [1.807, 2.05) is 60.8 Å². The van der Waals surface area contributed by atoms with E-state index in [0.717, 1.165) is 21.8 Å². The van der Waals surface area contributed by atoms with Crippen LogP contribution in [0.4, 0.5) is 5.69 Å². The van der Waals surface area contributed by atoms with Crippen molar-refractivity contribution in [3.8, 4) is 27.6 Å². The molecule has 1 N–H and O–H groups in total. The van der Waals surface area contributed by atoms with E-state index in [0.29, 0.717) is 23.6 Å². The minimum absolute atomic E-state index is 0.109. The third-order valence-corrected chi connectivity index (χ3v) is 6.48. The standard InChI is InChI=1S/C26H23N3O4S/c1-2-22-26(31)29(15-24(30)27-14-19-9-6-12-32-19)21-13-18(10-11-23(21)33-22)20-16-34-25(28-20)17-7-4-3-5-8-17/h3-13,16,22H,2,14-15H2,1H3,(H,27,30). The second kappa shape index (κ2) is 9.52. The molecule has 0 bridgehead atoms. The first kappa shape index (κ1) is 21.9. The molecule has 1 unspecified atom stereocenters. The number of furan rings is 1. The van der Waals surface area contributed by atoms with Gasteiger partial charge in [0.15, 0.2) is 6.10 Å². The van der Waals surface area contributed by atoms with Crippen LogP contribution in [0.2, 0.25) is 0 Å². The summed E-state index contributed by atoms with van der Waals surface area (Å²) in [4.78, 5) is 32.1. The Kier molecular flexibility index (Phi) is 6.14. The van der Waals surface area contributed by atoms with Crippen molar-refractivity contribution in [1.29, 1.82) is 0 Å². The maximum atomic E-state index is 13.1. The van der Waals surface area contributed by atoms with Crippen molar-refractivity contribution in [2.75, 3.05) is 11.4 Å². The van der Waals surface area contributed by atoms with Crippen LogP contribution in [-0.2, 0) is 16.1 Å². The van der Waals surface area contributed by atoms with Gasteiger partial charge in [-0.1, -0.05) is 37.3 Å². The van der Waals surface area contributed by atoms with Gasteiger partial charge in [0, 0.05) is 16.5 Å². The molecule has 8 heteroatoms. The minimum atomic E-state index is -0.625. The molecule has 1 aliphatic heterocycles. The second-order valence-electron chi connectivity index (χ2n) is 7.88. The summed E-state index contributed by atoms with van der Waals surface area (Å²) in [6.45, 7) is 2.04. The van der Waals surface area contributed by atoms with Crippen LogP contribution in [-0.4, -0.2) is 29.4 Å². The van der Waals surface area contributed by atoms with E-state index >= 15 is 0 Å². The lowest BCUT2D eigenvalue weighted by Crippen LogP contribution is -2.49. The van der Waals surface area contributed by atoms with Crippen LogP contribution in [0.15, 0.2) is 76.7 Å². The van der Waals surface area contributed by atoms with Crippen molar-refractivity contribution in [2.45, 2.75) is 26.0 Å². The molecule has 2 aromatic heterocycles. The van der Waals surface area contributed by atoms with Gasteiger partial charge in [-0.05, 0) is 36.8 Å². The van der Waals surface area contributed by atoms with Crippen molar-refractivity contribution in [2.24, 2.45) is 0 Å². The van der Waals surface area contributed by atoms with Gasteiger partial charge in [-0.3, -0.25) is 14.5 Å². The van der Waals surface area contributed by atoms with E-state index in [9.17, 15) is 9.59 Å². The number of hydrogen-bond acceptors (Lipinski definition) is 6. The first-order valence-electron chi connectivity index (χ1n) is 11.0. The maximum Gasteiger partial charge on any atom is 0.268 e. The molecule has 3 heterocycles. The van der Waals surface area contributed by atoms with Crippen LogP contribution in [0.25, 0.3) is 21.8 Å². The number of anilines is 1. The zero-order chi connectivity index (χ0) is 23.5. The number of thiazole rings is 1. The van der Waals surface area contributed by atoms with E-state index in [2.05, 4.69) is 5.32 Å². The lowest BCUT2D eigenvalue weighted by Gasteiger charge is -2.34. The Balaban J connectivity index is 1.41. The Hall–Kier alpha value is -3.91. The Morgan fingerprint density at radius 2 is 1.97 bits per heavy atom. The molecule has 172 valence electrons. The summed E-state index contributed by atoms with van der Waals surface area (Å²) < 4.78 is 11.2. The summed E-state index contributed by atoms with van der Waals surface area (Å²) in [6.07, 6.45) is 1.44.